The zero-order valence-electron chi connectivity index (χ0n) is 10.7. The molecule has 0 saturated heterocycles. The van der Waals surface area contributed by atoms with Gasteiger partial charge in [0.25, 0.3) is 0 Å². The highest BCUT2D eigenvalue weighted by molar-refractivity contribution is 8.03. The Bertz CT molecular complexity index is 304. The van der Waals surface area contributed by atoms with Gasteiger partial charge in [0, 0.05) is 11.8 Å². The summed E-state index contributed by atoms with van der Waals surface area (Å²) in [5.74, 6) is 1.09. The SMILES string of the molecule is CCCNC(CCC)CSc1nnc(SC)s1. The lowest BCUT2D eigenvalue weighted by molar-refractivity contribution is 0.514. The molecule has 0 aliphatic rings. The molecule has 1 atom stereocenters. The fraction of sp³-hybridized carbons (Fsp3) is 0.818. The summed E-state index contributed by atoms with van der Waals surface area (Å²) in [6.07, 6.45) is 5.70. The van der Waals surface area contributed by atoms with Crippen molar-refractivity contribution in [3.63, 3.8) is 0 Å². The summed E-state index contributed by atoms with van der Waals surface area (Å²) in [5, 5.41) is 11.9. The lowest BCUT2D eigenvalue weighted by atomic mass is 10.2. The van der Waals surface area contributed by atoms with Crippen LogP contribution in [-0.4, -0.2) is 34.8 Å². The molecule has 0 aromatic carbocycles. The summed E-state index contributed by atoms with van der Waals surface area (Å²) in [4.78, 5) is 0. The molecule has 0 amide bonds. The predicted molar refractivity (Wildman–Crippen MR) is 79.4 cm³/mol. The van der Waals surface area contributed by atoms with Crippen LogP contribution in [0.2, 0.25) is 0 Å². The van der Waals surface area contributed by atoms with E-state index in [1.165, 1.54) is 19.3 Å². The summed E-state index contributed by atoms with van der Waals surface area (Å²) in [7, 11) is 0. The first-order valence-electron chi connectivity index (χ1n) is 6.03. The summed E-state index contributed by atoms with van der Waals surface area (Å²) >= 11 is 5.18. The van der Waals surface area contributed by atoms with Gasteiger partial charge in [-0.2, -0.15) is 0 Å². The number of rotatable bonds is 9. The predicted octanol–water partition coefficient (Wildman–Crippen LogP) is 3.52. The number of thioether (sulfide) groups is 2. The van der Waals surface area contributed by atoms with Gasteiger partial charge in [0.05, 0.1) is 0 Å². The van der Waals surface area contributed by atoms with Gasteiger partial charge in [-0.3, -0.25) is 0 Å². The maximum Gasteiger partial charge on any atom is 0.175 e. The molecule has 1 aromatic heterocycles. The Hall–Kier alpha value is 0.220. The van der Waals surface area contributed by atoms with Crippen LogP contribution in [0.15, 0.2) is 8.68 Å². The minimum absolute atomic E-state index is 0.603. The summed E-state index contributed by atoms with van der Waals surface area (Å²) in [5.41, 5.74) is 0. The van der Waals surface area contributed by atoms with Crippen LogP contribution in [0.4, 0.5) is 0 Å². The van der Waals surface area contributed by atoms with Gasteiger partial charge in [-0.15, -0.1) is 10.2 Å². The lowest BCUT2D eigenvalue weighted by Crippen LogP contribution is -2.31. The Morgan fingerprint density at radius 3 is 2.59 bits per heavy atom. The van der Waals surface area contributed by atoms with Crippen LogP contribution in [0.25, 0.3) is 0 Å². The topological polar surface area (TPSA) is 37.8 Å². The summed E-state index contributed by atoms with van der Waals surface area (Å²) < 4.78 is 2.15. The molecular weight excluding hydrogens is 270 g/mol. The van der Waals surface area contributed by atoms with Crippen molar-refractivity contribution in [2.75, 3.05) is 18.6 Å². The van der Waals surface area contributed by atoms with Gasteiger partial charge in [-0.25, -0.2) is 0 Å². The van der Waals surface area contributed by atoms with E-state index in [4.69, 9.17) is 0 Å². The van der Waals surface area contributed by atoms with Crippen LogP contribution in [0.3, 0.4) is 0 Å². The van der Waals surface area contributed by atoms with Crippen LogP contribution in [-0.2, 0) is 0 Å². The van der Waals surface area contributed by atoms with E-state index in [1.807, 2.05) is 18.0 Å². The van der Waals surface area contributed by atoms with Gasteiger partial charge in [0.2, 0.25) is 0 Å². The molecule has 3 nitrogen and oxygen atoms in total. The van der Waals surface area contributed by atoms with Gasteiger partial charge < -0.3 is 5.32 Å². The molecule has 1 rings (SSSR count). The van der Waals surface area contributed by atoms with Crippen molar-refractivity contribution in [3.8, 4) is 0 Å². The molecule has 0 bridgehead atoms. The number of hydrogen-bond acceptors (Lipinski definition) is 6. The number of nitrogens with one attached hydrogen (secondary N) is 1. The number of hydrogen-bond donors (Lipinski definition) is 1. The number of nitrogens with zero attached hydrogens (tertiary/aromatic N) is 2. The maximum atomic E-state index is 4.18. The average Bonchev–Trinajstić information content (AvgIpc) is 2.80. The van der Waals surface area contributed by atoms with Gasteiger partial charge in [-0.05, 0) is 25.6 Å². The van der Waals surface area contributed by atoms with Crippen LogP contribution in [0, 0.1) is 0 Å². The van der Waals surface area contributed by atoms with Crippen LogP contribution < -0.4 is 5.32 Å². The van der Waals surface area contributed by atoms with Crippen LogP contribution >= 0.6 is 34.9 Å². The van der Waals surface area contributed by atoms with Crippen molar-refractivity contribution in [1.82, 2.24) is 15.5 Å². The Labute approximate surface area is 117 Å². The van der Waals surface area contributed by atoms with Crippen molar-refractivity contribution < 1.29 is 0 Å². The zero-order valence-corrected chi connectivity index (χ0v) is 13.2. The van der Waals surface area contributed by atoms with Crippen molar-refractivity contribution in [2.45, 2.75) is 47.8 Å². The molecule has 1 N–H and O–H groups in total. The van der Waals surface area contributed by atoms with Crippen LogP contribution in [0.1, 0.15) is 33.1 Å². The molecule has 0 aliphatic heterocycles. The Kier molecular flexibility index (Phi) is 8.26. The second-order valence-corrected chi connectivity index (χ2v) is 7.09. The van der Waals surface area contributed by atoms with E-state index in [0.717, 1.165) is 21.0 Å². The summed E-state index contributed by atoms with van der Waals surface area (Å²) in [6, 6.07) is 0.603. The molecule has 6 heteroatoms. The highest BCUT2D eigenvalue weighted by Gasteiger charge is 2.10. The van der Waals surface area contributed by atoms with Gasteiger partial charge in [-0.1, -0.05) is 55.1 Å². The van der Waals surface area contributed by atoms with E-state index in [-0.39, 0.29) is 0 Å². The normalized spacial score (nSPS) is 12.9. The van der Waals surface area contributed by atoms with Gasteiger partial charge >= 0.3 is 0 Å². The standard InChI is InChI=1S/C11H21N3S3/c1-4-6-9(12-7-5-2)8-16-11-14-13-10(15-3)17-11/h9,12H,4-8H2,1-3H3. The maximum absolute atomic E-state index is 4.18. The first-order chi connectivity index (χ1) is 8.30. The monoisotopic (exact) mass is 291 g/mol. The van der Waals surface area contributed by atoms with Crippen LogP contribution in [0.5, 0.6) is 0 Å². The van der Waals surface area contributed by atoms with E-state index in [2.05, 4.69) is 29.4 Å². The van der Waals surface area contributed by atoms with E-state index < -0.39 is 0 Å². The van der Waals surface area contributed by atoms with E-state index >= 15 is 0 Å². The molecule has 17 heavy (non-hydrogen) atoms. The third kappa shape index (κ3) is 6.08. The molecule has 1 heterocycles. The highest BCUT2D eigenvalue weighted by atomic mass is 32.2. The second kappa shape index (κ2) is 9.19. The minimum Gasteiger partial charge on any atom is -0.313 e. The minimum atomic E-state index is 0.603. The Morgan fingerprint density at radius 1 is 1.24 bits per heavy atom. The van der Waals surface area contributed by atoms with E-state index in [0.29, 0.717) is 6.04 Å². The quantitative estimate of drug-likeness (QED) is 0.705. The largest absolute Gasteiger partial charge is 0.313 e. The zero-order chi connectivity index (χ0) is 12.5. The first kappa shape index (κ1) is 15.3. The molecule has 0 radical (unpaired) electrons. The third-order valence-corrected chi connectivity index (χ3v) is 5.49. The fourth-order valence-corrected chi connectivity index (χ4v) is 4.02. The average molecular weight is 292 g/mol. The highest BCUT2D eigenvalue weighted by Crippen LogP contribution is 2.28. The first-order valence-corrected chi connectivity index (χ1v) is 9.06. The van der Waals surface area contributed by atoms with Crippen molar-refractivity contribution in [3.05, 3.63) is 0 Å². The van der Waals surface area contributed by atoms with Crippen molar-refractivity contribution >= 4 is 34.9 Å². The molecule has 0 aliphatic carbocycles. The second-order valence-electron chi connectivity index (χ2n) is 3.79. The fourth-order valence-electron chi connectivity index (χ4n) is 1.45. The molecule has 1 unspecified atom stereocenters. The van der Waals surface area contributed by atoms with Gasteiger partial charge in [0.15, 0.2) is 8.68 Å². The van der Waals surface area contributed by atoms with E-state index in [1.54, 1.807) is 23.1 Å². The molecule has 0 spiro atoms. The smallest absolute Gasteiger partial charge is 0.175 e. The van der Waals surface area contributed by atoms with Gasteiger partial charge in [0.1, 0.15) is 0 Å². The lowest BCUT2D eigenvalue weighted by Gasteiger charge is -2.16. The van der Waals surface area contributed by atoms with Crippen molar-refractivity contribution in [1.29, 1.82) is 0 Å². The third-order valence-electron chi connectivity index (χ3n) is 2.29. The Morgan fingerprint density at radius 2 is 2.00 bits per heavy atom. The van der Waals surface area contributed by atoms with Crippen molar-refractivity contribution in [2.24, 2.45) is 0 Å². The molecule has 98 valence electrons. The molecule has 0 fully saturated rings. The molecular formula is C11H21N3S3. The van der Waals surface area contributed by atoms with E-state index in [9.17, 15) is 0 Å². The summed E-state index contributed by atoms with van der Waals surface area (Å²) in [6.45, 7) is 5.55. The molecule has 0 saturated carbocycles. The molecule has 1 aromatic rings. The Balaban J connectivity index is 2.34. The number of aromatic nitrogens is 2.